The van der Waals surface area contributed by atoms with Crippen molar-refractivity contribution in [1.82, 2.24) is 0 Å². The van der Waals surface area contributed by atoms with E-state index in [1.54, 1.807) is 0 Å². The third-order valence-electron chi connectivity index (χ3n) is 1.05. The Morgan fingerprint density at radius 3 is 1.58 bits per heavy atom. The molecule has 0 fully saturated rings. The van der Waals surface area contributed by atoms with E-state index >= 15 is 0 Å². The van der Waals surface area contributed by atoms with E-state index < -0.39 is 0 Å². The van der Waals surface area contributed by atoms with Gasteiger partial charge in [0, 0.05) is 9.65 Å². The first kappa shape index (κ1) is 11.7. The van der Waals surface area contributed by atoms with Gasteiger partial charge in [-0.1, -0.05) is 31.9 Å². The van der Waals surface area contributed by atoms with E-state index in [0.717, 1.165) is 0 Å². The summed E-state index contributed by atoms with van der Waals surface area (Å²) in [5, 5.41) is 0. The van der Waals surface area contributed by atoms with Crippen LogP contribution in [0.15, 0.2) is 9.98 Å². The zero-order valence-corrected chi connectivity index (χ0v) is 9.21. The molecular formula is C6H6Br2N2O2. The summed E-state index contributed by atoms with van der Waals surface area (Å²) in [7, 11) is 0. The third-order valence-corrected chi connectivity index (χ3v) is 3.62. The molecule has 66 valence electrons. The minimum absolute atomic E-state index is 0.0314. The van der Waals surface area contributed by atoms with Crippen molar-refractivity contribution in [2.45, 2.75) is 9.65 Å². The number of alkyl halides is 2. The highest BCUT2D eigenvalue weighted by Gasteiger charge is 2.14. The zero-order chi connectivity index (χ0) is 9.40. The van der Waals surface area contributed by atoms with Gasteiger partial charge < -0.3 is 0 Å². The second-order valence-electron chi connectivity index (χ2n) is 1.90. The third kappa shape index (κ3) is 5.38. The van der Waals surface area contributed by atoms with Crippen LogP contribution in [0.3, 0.4) is 0 Å². The van der Waals surface area contributed by atoms with Crippen molar-refractivity contribution in [3.63, 3.8) is 0 Å². The quantitative estimate of drug-likeness (QED) is 0.435. The minimum atomic E-state index is -0.0314. The Hall–Kier alpha value is -0.280. The molecule has 2 atom stereocenters. The summed E-state index contributed by atoms with van der Waals surface area (Å²) in [6.45, 7) is 0.627. The molecule has 6 heteroatoms. The molecule has 0 N–H and O–H groups in total. The molecule has 0 bridgehead atoms. The lowest BCUT2D eigenvalue weighted by atomic mass is 10.3. The molecule has 0 aliphatic carbocycles. The molecule has 0 amide bonds. The SMILES string of the molecule is O=C=NCC(Br)C(Br)CN=C=O. The van der Waals surface area contributed by atoms with E-state index in [1.165, 1.54) is 12.2 Å². The van der Waals surface area contributed by atoms with Gasteiger partial charge in [-0.2, -0.15) is 0 Å². The minimum Gasteiger partial charge on any atom is -0.211 e. The van der Waals surface area contributed by atoms with Gasteiger partial charge in [-0.15, -0.1) is 0 Å². The predicted octanol–water partition coefficient (Wildman–Crippen LogP) is 1.19. The molecule has 0 aromatic carbocycles. The van der Waals surface area contributed by atoms with Crippen molar-refractivity contribution >= 4 is 44.0 Å². The van der Waals surface area contributed by atoms with Crippen molar-refractivity contribution in [3.8, 4) is 0 Å². The summed E-state index contributed by atoms with van der Waals surface area (Å²) in [5.41, 5.74) is 0. The molecule has 0 aliphatic heterocycles. The summed E-state index contributed by atoms with van der Waals surface area (Å²) in [5.74, 6) is 0. The van der Waals surface area contributed by atoms with Gasteiger partial charge in [-0.25, -0.2) is 19.6 Å². The van der Waals surface area contributed by atoms with Crippen LogP contribution in [0, 0.1) is 0 Å². The van der Waals surface area contributed by atoms with Gasteiger partial charge in [0.25, 0.3) is 0 Å². The maximum absolute atomic E-state index is 9.73. The summed E-state index contributed by atoms with van der Waals surface area (Å²) in [6.07, 6.45) is 2.85. The van der Waals surface area contributed by atoms with Gasteiger partial charge in [-0.3, -0.25) is 0 Å². The Morgan fingerprint density at radius 2 is 1.33 bits per heavy atom. The van der Waals surface area contributed by atoms with Crippen LogP contribution in [-0.2, 0) is 9.59 Å². The summed E-state index contributed by atoms with van der Waals surface area (Å²) < 4.78 is 0. The number of hydrogen-bond donors (Lipinski definition) is 0. The molecule has 0 aromatic rings. The number of isocyanates is 2. The largest absolute Gasteiger partial charge is 0.234 e. The molecule has 0 saturated heterocycles. The molecule has 0 radical (unpaired) electrons. The van der Waals surface area contributed by atoms with Gasteiger partial charge in [0.2, 0.25) is 12.2 Å². The van der Waals surface area contributed by atoms with E-state index in [9.17, 15) is 9.59 Å². The first-order valence-corrected chi connectivity index (χ1v) is 4.91. The van der Waals surface area contributed by atoms with Crippen molar-refractivity contribution in [2.75, 3.05) is 13.1 Å². The highest BCUT2D eigenvalue weighted by atomic mass is 79.9. The summed E-state index contributed by atoms with van der Waals surface area (Å²) in [4.78, 5) is 26.2. The fourth-order valence-corrected chi connectivity index (χ4v) is 1.10. The van der Waals surface area contributed by atoms with Crippen LogP contribution in [0.25, 0.3) is 0 Å². The van der Waals surface area contributed by atoms with Crippen molar-refractivity contribution < 1.29 is 9.59 Å². The summed E-state index contributed by atoms with van der Waals surface area (Å²) in [6, 6.07) is 0. The van der Waals surface area contributed by atoms with Crippen molar-refractivity contribution in [2.24, 2.45) is 9.98 Å². The zero-order valence-electron chi connectivity index (χ0n) is 6.04. The molecule has 12 heavy (non-hydrogen) atoms. The van der Waals surface area contributed by atoms with E-state index in [4.69, 9.17) is 0 Å². The van der Waals surface area contributed by atoms with Crippen LogP contribution < -0.4 is 0 Å². The van der Waals surface area contributed by atoms with Gasteiger partial charge >= 0.3 is 0 Å². The number of aliphatic imine (C=N–C) groups is 2. The number of nitrogens with zero attached hydrogens (tertiary/aromatic N) is 2. The topological polar surface area (TPSA) is 58.9 Å². The monoisotopic (exact) mass is 296 g/mol. The Labute approximate surface area is 86.4 Å². The predicted molar refractivity (Wildman–Crippen MR) is 51.4 cm³/mol. The Morgan fingerprint density at radius 1 is 1.00 bits per heavy atom. The average molecular weight is 298 g/mol. The van der Waals surface area contributed by atoms with Gasteiger partial charge in [-0.05, 0) is 0 Å². The maximum Gasteiger partial charge on any atom is 0.234 e. The van der Waals surface area contributed by atoms with Gasteiger partial charge in [0.05, 0.1) is 13.1 Å². The lowest BCUT2D eigenvalue weighted by Gasteiger charge is -2.09. The second kappa shape index (κ2) is 7.37. The van der Waals surface area contributed by atoms with Crippen molar-refractivity contribution in [3.05, 3.63) is 0 Å². The second-order valence-corrected chi connectivity index (χ2v) is 4.25. The number of carbonyl (C=O) groups excluding carboxylic acids is 2. The number of hydrogen-bond acceptors (Lipinski definition) is 4. The van der Waals surface area contributed by atoms with E-state index in [2.05, 4.69) is 41.8 Å². The van der Waals surface area contributed by atoms with Gasteiger partial charge in [0.1, 0.15) is 0 Å². The molecule has 0 aromatic heterocycles. The van der Waals surface area contributed by atoms with E-state index in [0.29, 0.717) is 13.1 Å². The molecule has 4 nitrogen and oxygen atoms in total. The lowest BCUT2D eigenvalue weighted by molar-refractivity contribution is 0.560. The van der Waals surface area contributed by atoms with Crippen LogP contribution in [0.4, 0.5) is 0 Å². The van der Waals surface area contributed by atoms with E-state index in [1.807, 2.05) is 0 Å². The highest BCUT2D eigenvalue weighted by molar-refractivity contribution is 9.12. The maximum atomic E-state index is 9.73. The first-order chi connectivity index (χ1) is 5.72. The van der Waals surface area contributed by atoms with Crippen LogP contribution in [0.5, 0.6) is 0 Å². The summed E-state index contributed by atoms with van der Waals surface area (Å²) >= 11 is 6.53. The Balaban J connectivity index is 3.82. The Kier molecular flexibility index (Phi) is 7.20. The molecule has 0 saturated carbocycles. The molecule has 0 spiro atoms. The average Bonchev–Trinajstić information content (AvgIpc) is 2.10. The number of halogens is 2. The standard InChI is InChI=1S/C6H6Br2N2O2/c7-5(1-9-3-11)6(8)2-10-4-12/h5-6H,1-2H2. The Bertz CT molecular complexity index is 198. The van der Waals surface area contributed by atoms with Crippen LogP contribution in [0.2, 0.25) is 0 Å². The normalized spacial score (nSPS) is 13.8. The highest BCUT2D eigenvalue weighted by Crippen LogP contribution is 2.14. The lowest BCUT2D eigenvalue weighted by Crippen LogP contribution is -2.19. The first-order valence-electron chi connectivity index (χ1n) is 3.07. The molecule has 2 unspecified atom stereocenters. The van der Waals surface area contributed by atoms with Crippen LogP contribution in [0.1, 0.15) is 0 Å². The van der Waals surface area contributed by atoms with E-state index in [-0.39, 0.29) is 9.65 Å². The number of rotatable bonds is 5. The molecular weight excluding hydrogens is 292 g/mol. The van der Waals surface area contributed by atoms with Crippen molar-refractivity contribution in [1.29, 1.82) is 0 Å². The molecule has 0 heterocycles. The smallest absolute Gasteiger partial charge is 0.211 e. The van der Waals surface area contributed by atoms with Crippen LogP contribution in [-0.4, -0.2) is 34.9 Å². The molecule has 0 aliphatic rings. The van der Waals surface area contributed by atoms with Crippen LogP contribution >= 0.6 is 31.9 Å². The fraction of sp³-hybridized carbons (Fsp3) is 0.667. The van der Waals surface area contributed by atoms with Gasteiger partial charge in [0.15, 0.2) is 0 Å². The fourth-order valence-electron chi connectivity index (χ4n) is 0.478. The molecule has 0 rings (SSSR count).